The first-order valence-electron chi connectivity index (χ1n) is 7.73. The van der Waals surface area contributed by atoms with Crippen molar-refractivity contribution in [1.29, 1.82) is 0 Å². The Morgan fingerprint density at radius 3 is 1.60 bits per heavy atom. The molecule has 9 heteroatoms. The van der Waals surface area contributed by atoms with Crippen molar-refractivity contribution >= 4 is 24.1 Å². The van der Waals surface area contributed by atoms with E-state index in [2.05, 4.69) is 4.74 Å². The summed E-state index contributed by atoms with van der Waals surface area (Å²) in [5, 5.41) is 9.27. The predicted molar refractivity (Wildman–Crippen MR) is 84.8 cm³/mol. The molecule has 0 aromatic carbocycles. The van der Waals surface area contributed by atoms with Gasteiger partial charge >= 0.3 is 24.1 Å². The zero-order chi connectivity index (χ0) is 19.8. The van der Waals surface area contributed by atoms with Crippen molar-refractivity contribution in [3.8, 4) is 0 Å². The Balaban J connectivity index is 3.34. The zero-order valence-corrected chi connectivity index (χ0v) is 15.5. The van der Waals surface area contributed by atoms with Crippen LogP contribution in [0.2, 0.25) is 0 Å². The molecule has 0 bridgehead atoms. The normalized spacial score (nSPS) is 22.6. The molecule has 1 N–H and O–H groups in total. The lowest BCUT2D eigenvalue weighted by Crippen LogP contribution is -2.55. The van der Waals surface area contributed by atoms with Gasteiger partial charge in [0.15, 0.2) is 5.54 Å². The highest BCUT2D eigenvalue weighted by Crippen LogP contribution is 2.50. The number of esters is 1. The van der Waals surface area contributed by atoms with Gasteiger partial charge in [-0.3, -0.25) is 4.79 Å². The van der Waals surface area contributed by atoms with Gasteiger partial charge in [0.1, 0.15) is 11.2 Å². The Morgan fingerprint density at radius 2 is 1.36 bits per heavy atom. The number of nitrogens with zero attached hydrogens (tertiary/aromatic N) is 1. The summed E-state index contributed by atoms with van der Waals surface area (Å²) in [5.74, 6) is -3.64. The summed E-state index contributed by atoms with van der Waals surface area (Å²) in [4.78, 5) is 49.2. The minimum absolute atomic E-state index is 0.270. The quantitative estimate of drug-likeness (QED) is 0.601. The fourth-order valence-corrected chi connectivity index (χ4v) is 2.30. The molecule has 1 aliphatic rings. The lowest BCUT2D eigenvalue weighted by Gasteiger charge is -2.32. The van der Waals surface area contributed by atoms with E-state index in [9.17, 15) is 24.3 Å². The summed E-state index contributed by atoms with van der Waals surface area (Å²) < 4.78 is 15.0. The van der Waals surface area contributed by atoms with Gasteiger partial charge in [-0.15, -0.1) is 0 Å². The highest BCUT2D eigenvalue weighted by molar-refractivity contribution is 6.03. The van der Waals surface area contributed by atoms with Crippen LogP contribution in [0.15, 0.2) is 0 Å². The van der Waals surface area contributed by atoms with Crippen LogP contribution in [0.1, 0.15) is 48.0 Å². The minimum Gasteiger partial charge on any atom is -0.481 e. The number of hydrogen-bond acceptors (Lipinski definition) is 7. The summed E-state index contributed by atoms with van der Waals surface area (Å²) >= 11 is 0. The van der Waals surface area contributed by atoms with Gasteiger partial charge in [-0.05, 0) is 48.0 Å². The Hall–Kier alpha value is -2.32. The molecule has 2 amide bonds. The van der Waals surface area contributed by atoms with Crippen LogP contribution in [-0.2, 0) is 23.8 Å². The summed E-state index contributed by atoms with van der Waals surface area (Å²) in [6.07, 6.45) is -2.61. The largest absolute Gasteiger partial charge is 0.481 e. The standard InChI is InChI=1S/C16H25NO8/c1-14(2,3)24-12(21)17(13(22)25-15(4,5)6)16(11(20)23-7)8-9(16)10(18)19/h9H,8H2,1-7H3,(H,18,19)/t9-,16?/m0/s1. The molecule has 0 aromatic heterocycles. The first-order valence-corrected chi connectivity index (χ1v) is 7.73. The molecule has 1 saturated carbocycles. The van der Waals surface area contributed by atoms with Crippen LogP contribution >= 0.6 is 0 Å². The van der Waals surface area contributed by atoms with E-state index in [1.54, 1.807) is 41.5 Å². The molecule has 0 aliphatic heterocycles. The fraction of sp³-hybridized carbons (Fsp3) is 0.750. The highest BCUT2D eigenvalue weighted by atomic mass is 16.6. The van der Waals surface area contributed by atoms with Crippen LogP contribution in [0, 0.1) is 5.92 Å². The molecule has 25 heavy (non-hydrogen) atoms. The highest BCUT2D eigenvalue weighted by Gasteiger charge is 2.73. The third-order valence-corrected chi connectivity index (χ3v) is 3.32. The maximum atomic E-state index is 12.6. The number of ether oxygens (including phenoxy) is 3. The van der Waals surface area contributed by atoms with Gasteiger partial charge in [0.25, 0.3) is 0 Å². The van der Waals surface area contributed by atoms with E-state index in [0.717, 1.165) is 7.11 Å². The summed E-state index contributed by atoms with van der Waals surface area (Å²) in [6.45, 7) is 9.44. The van der Waals surface area contributed by atoms with Gasteiger partial charge in [-0.2, -0.15) is 4.90 Å². The van der Waals surface area contributed by atoms with Crippen molar-refractivity contribution in [2.45, 2.75) is 64.7 Å². The number of methoxy groups -OCH3 is 1. The molecule has 1 rings (SSSR count). The van der Waals surface area contributed by atoms with Crippen LogP contribution in [0.4, 0.5) is 9.59 Å². The van der Waals surface area contributed by atoms with Crippen LogP contribution in [-0.4, -0.2) is 58.0 Å². The van der Waals surface area contributed by atoms with Crippen LogP contribution in [0.3, 0.4) is 0 Å². The van der Waals surface area contributed by atoms with Crippen molar-refractivity contribution in [2.75, 3.05) is 7.11 Å². The van der Waals surface area contributed by atoms with Gasteiger partial charge in [-0.25, -0.2) is 14.4 Å². The first-order chi connectivity index (χ1) is 11.2. The number of carbonyl (C=O) groups is 4. The smallest absolute Gasteiger partial charge is 0.420 e. The van der Waals surface area contributed by atoms with Gasteiger partial charge in [0.05, 0.1) is 13.0 Å². The molecule has 1 aliphatic carbocycles. The van der Waals surface area contributed by atoms with Crippen LogP contribution in [0.25, 0.3) is 0 Å². The molecule has 142 valence electrons. The van der Waals surface area contributed by atoms with Crippen molar-refractivity contribution < 1.29 is 38.5 Å². The van der Waals surface area contributed by atoms with E-state index in [1.807, 2.05) is 0 Å². The van der Waals surface area contributed by atoms with Gasteiger partial charge in [0, 0.05) is 0 Å². The number of aliphatic carboxylic acids is 1. The number of carboxylic acid groups (broad SMARTS) is 1. The molecule has 0 heterocycles. The summed E-state index contributed by atoms with van der Waals surface area (Å²) in [5.41, 5.74) is -3.92. The predicted octanol–water partition coefficient (Wildman–Crippen LogP) is 2.17. The lowest BCUT2D eigenvalue weighted by atomic mass is 10.1. The second-order valence-corrected chi connectivity index (χ2v) is 7.81. The van der Waals surface area contributed by atoms with E-state index in [1.165, 1.54) is 0 Å². The minimum atomic E-state index is -1.98. The molecule has 0 spiro atoms. The number of imide groups is 1. The van der Waals surface area contributed by atoms with Crippen molar-refractivity contribution in [2.24, 2.45) is 5.92 Å². The number of rotatable bonds is 3. The molecule has 1 unspecified atom stereocenters. The van der Waals surface area contributed by atoms with E-state index in [4.69, 9.17) is 9.47 Å². The SMILES string of the molecule is COC(=O)C1(N(C(=O)OC(C)(C)C)C(=O)OC(C)(C)C)C[C@H]1C(=O)O. The monoisotopic (exact) mass is 359 g/mol. The molecular weight excluding hydrogens is 334 g/mol. The first kappa shape index (κ1) is 20.7. The average Bonchev–Trinajstić information content (AvgIpc) is 3.10. The Labute approximate surface area is 146 Å². The van der Waals surface area contributed by atoms with E-state index in [-0.39, 0.29) is 6.42 Å². The second-order valence-electron chi connectivity index (χ2n) is 7.81. The average molecular weight is 359 g/mol. The number of amides is 2. The number of carbonyl (C=O) groups excluding carboxylic acids is 3. The molecule has 1 fully saturated rings. The Bertz CT molecular complexity index is 558. The molecule has 2 atom stereocenters. The summed E-state index contributed by atoms with van der Waals surface area (Å²) in [7, 11) is 1.05. The number of hydrogen-bond donors (Lipinski definition) is 1. The maximum absolute atomic E-state index is 12.6. The lowest BCUT2D eigenvalue weighted by molar-refractivity contribution is -0.152. The van der Waals surface area contributed by atoms with E-state index < -0.39 is 46.8 Å². The molecule has 0 aromatic rings. The third-order valence-electron chi connectivity index (χ3n) is 3.32. The summed E-state index contributed by atoms with van der Waals surface area (Å²) in [6, 6.07) is 0. The van der Waals surface area contributed by atoms with Crippen LogP contribution < -0.4 is 0 Å². The van der Waals surface area contributed by atoms with Gasteiger partial charge < -0.3 is 19.3 Å². The van der Waals surface area contributed by atoms with E-state index >= 15 is 0 Å². The zero-order valence-electron chi connectivity index (χ0n) is 15.5. The van der Waals surface area contributed by atoms with Crippen molar-refractivity contribution in [1.82, 2.24) is 4.90 Å². The van der Waals surface area contributed by atoms with Crippen LogP contribution in [0.5, 0.6) is 0 Å². The molecule has 9 nitrogen and oxygen atoms in total. The molecule has 0 radical (unpaired) electrons. The second kappa shape index (κ2) is 6.53. The molecular formula is C16H25NO8. The molecule has 0 saturated heterocycles. The Kier molecular flexibility index (Phi) is 5.41. The number of carboxylic acids is 1. The Morgan fingerprint density at radius 1 is 0.960 bits per heavy atom. The van der Waals surface area contributed by atoms with Crippen molar-refractivity contribution in [3.63, 3.8) is 0 Å². The topological polar surface area (TPSA) is 119 Å². The fourth-order valence-electron chi connectivity index (χ4n) is 2.30. The maximum Gasteiger partial charge on any atom is 0.420 e. The van der Waals surface area contributed by atoms with E-state index in [0.29, 0.717) is 4.90 Å². The third kappa shape index (κ3) is 4.61. The van der Waals surface area contributed by atoms with Gasteiger partial charge in [-0.1, -0.05) is 0 Å². The van der Waals surface area contributed by atoms with Gasteiger partial charge in [0.2, 0.25) is 0 Å². The van der Waals surface area contributed by atoms with Crippen molar-refractivity contribution in [3.05, 3.63) is 0 Å².